The van der Waals surface area contributed by atoms with Crippen LogP contribution in [0.4, 0.5) is 0 Å². The third-order valence-corrected chi connectivity index (χ3v) is 5.78. The largest absolute Gasteiger partial charge is 0.358 e. The van der Waals surface area contributed by atoms with Crippen molar-refractivity contribution >= 4 is 52.2 Å². The van der Waals surface area contributed by atoms with Crippen LogP contribution < -0.4 is 10.6 Å². The molecule has 0 saturated heterocycles. The highest BCUT2D eigenvalue weighted by Crippen LogP contribution is 2.22. The van der Waals surface area contributed by atoms with Crippen molar-refractivity contribution in [2.24, 2.45) is 4.99 Å². The summed E-state index contributed by atoms with van der Waals surface area (Å²) >= 11 is 1.77. The normalized spacial score (nSPS) is 11.5. The molecule has 3 N–H and O–H groups in total. The zero-order valence-electron chi connectivity index (χ0n) is 17.1. The molecule has 0 bridgehead atoms. The topological polar surface area (TPSA) is 65.1 Å². The Hall–Kier alpha value is -1.61. The smallest absolute Gasteiger partial charge is 0.191 e. The SMILES string of the molecule is CCNC(=NCCc1sc(C)nc1C)NCCc1c(C)[nH]c2ccccc12.I. The van der Waals surface area contributed by atoms with E-state index in [9.17, 15) is 0 Å². The molecule has 0 fully saturated rings. The van der Waals surface area contributed by atoms with E-state index in [1.54, 1.807) is 11.3 Å². The minimum Gasteiger partial charge on any atom is -0.358 e. The van der Waals surface area contributed by atoms with E-state index in [0.717, 1.165) is 49.1 Å². The molecule has 28 heavy (non-hydrogen) atoms. The van der Waals surface area contributed by atoms with Gasteiger partial charge in [0, 0.05) is 47.5 Å². The van der Waals surface area contributed by atoms with Gasteiger partial charge in [0.25, 0.3) is 0 Å². The van der Waals surface area contributed by atoms with Gasteiger partial charge in [0.15, 0.2) is 5.96 Å². The predicted octanol–water partition coefficient (Wildman–Crippen LogP) is 4.51. The second-order valence-electron chi connectivity index (χ2n) is 6.70. The first kappa shape index (κ1) is 22.7. The average Bonchev–Trinajstić information content (AvgIpc) is 3.13. The lowest BCUT2D eigenvalue weighted by molar-refractivity contribution is 0.797. The fourth-order valence-electron chi connectivity index (χ4n) is 3.38. The van der Waals surface area contributed by atoms with Gasteiger partial charge in [0.1, 0.15) is 0 Å². The highest BCUT2D eigenvalue weighted by molar-refractivity contribution is 14.0. The van der Waals surface area contributed by atoms with Crippen molar-refractivity contribution in [1.82, 2.24) is 20.6 Å². The van der Waals surface area contributed by atoms with Gasteiger partial charge in [-0.3, -0.25) is 4.99 Å². The summed E-state index contributed by atoms with van der Waals surface area (Å²) in [5.74, 6) is 0.883. The van der Waals surface area contributed by atoms with Crippen LogP contribution in [0.3, 0.4) is 0 Å². The van der Waals surface area contributed by atoms with Gasteiger partial charge >= 0.3 is 0 Å². The van der Waals surface area contributed by atoms with Gasteiger partial charge in [-0.1, -0.05) is 18.2 Å². The van der Waals surface area contributed by atoms with Crippen molar-refractivity contribution in [1.29, 1.82) is 0 Å². The van der Waals surface area contributed by atoms with E-state index >= 15 is 0 Å². The molecule has 0 radical (unpaired) electrons. The molecule has 2 aromatic heterocycles. The maximum Gasteiger partial charge on any atom is 0.191 e. The monoisotopic (exact) mass is 511 g/mol. The fraction of sp³-hybridized carbons (Fsp3) is 0.429. The zero-order chi connectivity index (χ0) is 19.2. The standard InChI is InChI=1S/C21H29N5S.HI/c1-5-22-21(24-13-11-20-15(3)25-16(4)27-20)23-12-10-17-14(2)26-19-9-7-6-8-18(17)19;/h6-9,26H,5,10-13H2,1-4H3,(H2,22,23,24);1H. The number of para-hydroxylation sites is 1. The van der Waals surface area contributed by atoms with Crippen LogP contribution in [-0.4, -0.2) is 35.6 Å². The zero-order valence-corrected chi connectivity index (χ0v) is 20.2. The quantitative estimate of drug-likeness (QED) is 0.249. The van der Waals surface area contributed by atoms with Crippen LogP contribution in [0.15, 0.2) is 29.3 Å². The highest BCUT2D eigenvalue weighted by atomic mass is 127. The maximum atomic E-state index is 4.73. The van der Waals surface area contributed by atoms with Crippen LogP contribution in [-0.2, 0) is 12.8 Å². The molecule has 152 valence electrons. The van der Waals surface area contributed by atoms with E-state index in [2.05, 4.69) is 72.6 Å². The van der Waals surface area contributed by atoms with Gasteiger partial charge in [-0.2, -0.15) is 0 Å². The van der Waals surface area contributed by atoms with Crippen LogP contribution in [0.25, 0.3) is 10.9 Å². The Bertz CT molecular complexity index is 928. The van der Waals surface area contributed by atoms with E-state index < -0.39 is 0 Å². The molecular weight excluding hydrogens is 481 g/mol. The predicted molar refractivity (Wildman–Crippen MR) is 131 cm³/mol. The first-order chi connectivity index (χ1) is 13.1. The number of aryl methyl sites for hydroxylation is 3. The van der Waals surface area contributed by atoms with Gasteiger partial charge in [0.05, 0.1) is 10.7 Å². The molecular formula is C21H30IN5S. The lowest BCUT2D eigenvalue weighted by Crippen LogP contribution is -2.38. The summed E-state index contributed by atoms with van der Waals surface area (Å²) in [4.78, 5) is 14.0. The third kappa shape index (κ3) is 5.70. The van der Waals surface area contributed by atoms with E-state index in [4.69, 9.17) is 4.99 Å². The summed E-state index contributed by atoms with van der Waals surface area (Å²) in [5, 5.41) is 9.25. The van der Waals surface area contributed by atoms with Crippen molar-refractivity contribution in [3.05, 3.63) is 51.1 Å². The van der Waals surface area contributed by atoms with Crippen LogP contribution in [0.1, 0.15) is 33.8 Å². The Kier molecular flexibility index (Phi) is 8.75. The van der Waals surface area contributed by atoms with Crippen LogP contribution in [0.5, 0.6) is 0 Å². The van der Waals surface area contributed by atoms with E-state index in [0.29, 0.717) is 0 Å². The summed E-state index contributed by atoms with van der Waals surface area (Å²) in [6.07, 6.45) is 1.91. The van der Waals surface area contributed by atoms with Gasteiger partial charge in [-0.25, -0.2) is 4.98 Å². The number of fused-ring (bicyclic) bond motifs is 1. The summed E-state index contributed by atoms with van der Waals surface area (Å²) in [7, 11) is 0. The Morgan fingerprint density at radius 3 is 2.64 bits per heavy atom. The maximum absolute atomic E-state index is 4.73. The molecule has 0 saturated carbocycles. The summed E-state index contributed by atoms with van der Waals surface area (Å²) in [6.45, 7) is 10.9. The van der Waals surface area contributed by atoms with Crippen molar-refractivity contribution in [3.63, 3.8) is 0 Å². The third-order valence-electron chi connectivity index (χ3n) is 4.65. The second-order valence-corrected chi connectivity index (χ2v) is 7.99. The molecule has 0 aliphatic heterocycles. The van der Waals surface area contributed by atoms with Gasteiger partial charge in [-0.15, -0.1) is 35.3 Å². The van der Waals surface area contributed by atoms with E-state index in [1.165, 1.54) is 27.0 Å². The Morgan fingerprint density at radius 1 is 1.14 bits per heavy atom. The van der Waals surface area contributed by atoms with Gasteiger partial charge in [0.2, 0.25) is 0 Å². The molecule has 7 heteroatoms. The summed E-state index contributed by atoms with van der Waals surface area (Å²) < 4.78 is 0. The number of nitrogens with zero attached hydrogens (tertiary/aromatic N) is 2. The number of aromatic nitrogens is 2. The van der Waals surface area contributed by atoms with Crippen molar-refractivity contribution in [2.75, 3.05) is 19.6 Å². The number of rotatable bonds is 7. The molecule has 0 aliphatic carbocycles. The molecule has 0 unspecified atom stereocenters. The number of aromatic amines is 1. The minimum atomic E-state index is 0. The number of benzene rings is 1. The van der Waals surface area contributed by atoms with E-state index in [1.807, 2.05) is 0 Å². The molecule has 0 aliphatic rings. The van der Waals surface area contributed by atoms with Crippen LogP contribution in [0.2, 0.25) is 0 Å². The Balaban J connectivity index is 0.00000280. The Morgan fingerprint density at radius 2 is 1.93 bits per heavy atom. The highest BCUT2D eigenvalue weighted by Gasteiger charge is 2.08. The minimum absolute atomic E-state index is 0. The van der Waals surface area contributed by atoms with E-state index in [-0.39, 0.29) is 24.0 Å². The first-order valence-corrected chi connectivity index (χ1v) is 10.4. The van der Waals surface area contributed by atoms with Crippen LogP contribution >= 0.6 is 35.3 Å². The summed E-state index contributed by atoms with van der Waals surface area (Å²) in [5.41, 5.74) is 4.97. The van der Waals surface area contributed by atoms with Crippen molar-refractivity contribution < 1.29 is 0 Å². The number of H-pyrrole nitrogens is 1. The first-order valence-electron chi connectivity index (χ1n) is 9.59. The van der Waals surface area contributed by atoms with Crippen molar-refractivity contribution in [2.45, 2.75) is 40.5 Å². The number of guanidine groups is 1. The molecule has 0 atom stereocenters. The average molecular weight is 511 g/mol. The number of halogens is 1. The van der Waals surface area contributed by atoms with Crippen LogP contribution in [0, 0.1) is 20.8 Å². The number of nitrogens with one attached hydrogen (secondary N) is 3. The number of hydrogen-bond donors (Lipinski definition) is 3. The van der Waals surface area contributed by atoms with Gasteiger partial charge in [-0.05, 0) is 45.7 Å². The lowest BCUT2D eigenvalue weighted by atomic mass is 10.1. The molecule has 5 nitrogen and oxygen atoms in total. The number of aliphatic imine (C=N–C) groups is 1. The lowest BCUT2D eigenvalue weighted by Gasteiger charge is -2.11. The summed E-state index contributed by atoms with van der Waals surface area (Å²) in [6, 6.07) is 8.49. The number of thiazole rings is 1. The molecule has 3 aromatic rings. The second kappa shape index (κ2) is 10.8. The van der Waals surface area contributed by atoms with Crippen molar-refractivity contribution in [3.8, 4) is 0 Å². The molecule has 2 heterocycles. The Labute approximate surface area is 188 Å². The number of hydrogen-bond acceptors (Lipinski definition) is 3. The molecule has 0 spiro atoms. The fourth-order valence-corrected chi connectivity index (χ4v) is 4.31. The molecule has 1 aromatic carbocycles. The molecule has 3 rings (SSSR count). The molecule has 0 amide bonds. The van der Waals surface area contributed by atoms with Gasteiger partial charge < -0.3 is 15.6 Å².